The average molecular weight is 250 g/mol. The molecule has 0 aliphatic heterocycles. The van der Waals surface area contributed by atoms with Gasteiger partial charge in [0.25, 0.3) is 0 Å². The number of hydrogen-bond acceptors (Lipinski definition) is 4. The van der Waals surface area contributed by atoms with Crippen LogP contribution in [0.25, 0.3) is 0 Å². The van der Waals surface area contributed by atoms with E-state index in [0.717, 1.165) is 36.3 Å². The third kappa shape index (κ3) is 3.48. The molecule has 1 unspecified atom stereocenters. The van der Waals surface area contributed by atoms with E-state index in [2.05, 4.69) is 12.0 Å². The van der Waals surface area contributed by atoms with Crippen molar-refractivity contribution in [2.24, 2.45) is 5.84 Å². The fourth-order valence-corrected chi connectivity index (χ4v) is 1.98. The summed E-state index contributed by atoms with van der Waals surface area (Å²) in [5, 5.41) is 0. The Balaban J connectivity index is 2.93. The molecule has 1 rings (SSSR count). The first-order valence-electron chi connectivity index (χ1n) is 6.06. The molecule has 3 N–H and O–H groups in total. The molecule has 0 saturated carbocycles. The van der Waals surface area contributed by atoms with Crippen LogP contribution >= 0.6 is 0 Å². The highest BCUT2D eigenvalue weighted by Gasteiger charge is 2.17. The van der Waals surface area contributed by atoms with Crippen LogP contribution in [0.5, 0.6) is 11.5 Å². The molecular weight excluding hydrogens is 228 g/mol. The van der Waals surface area contributed by atoms with Crippen molar-refractivity contribution in [1.29, 1.82) is 0 Å². The second-order valence-electron chi connectivity index (χ2n) is 4.02. The average Bonchev–Trinajstić information content (AvgIpc) is 2.42. The highest BCUT2D eigenvalue weighted by molar-refractivity contribution is 5.48. The van der Waals surface area contributed by atoms with Gasteiger partial charge in [0.1, 0.15) is 0 Å². The summed E-state index contributed by atoms with van der Waals surface area (Å²) < 4.78 is 10.7. The Morgan fingerprint density at radius 3 is 2.72 bits per heavy atom. The summed E-state index contributed by atoms with van der Waals surface area (Å²) in [5.74, 6) is 7.09. The fraction of sp³-hybridized carbons (Fsp3) is 0.429. The summed E-state index contributed by atoms with van der Waals surface area (Å²) in [7, 11) is 3.27. The van der Waals surface area contributed by atoms with Gasteiger partial charge in [0.15, 0.2) is 11.5 Å². The molecule has 0 aliphatic rings. The van der Waals surface area contributed by atoms with E-state index in [0.29, 0.717) is 0 Å². The minimum absolute atomic E-state index is 0.0509. The maximum atomic E-state index is 5.63. The number of ether oxygens (including phenoxy) is 2. The third-order valence-corrected chi connectivity index (χ3v) is 2.91. The van der Waals surface area contributed by atoms with Gasteiger partial charge in [0.05, 0.1) is 14.2 Å². The van der Waals surface area contributed by atoms with Crippen LogP contribution in [0.15, 0.2) is 30.9 Å². The van der Waals surface area contributed by atoms with Crippen molar-refractivity contribution in [3.8, 4) is 11.5 Å². The van der Waals surface area contributed by atoms with E-state index in [9.17, 15) is 0 Å². The Morgan fingerprint density at radius 1 is 1.39 bits per heavy atom. The molecule has 100 valence electrons. The number of para-hydroxylation sites is 1. The molecule has 4 nitrogen and oxygen atoms in total. The summed E-state index contributed by atoms with van der Waals surface area (Å²) in [6.45, 7) is 3.72. The second kappa shape index (κ2) is 7.74. The number of hydrazine groups is 1. The number of nitrogens with two attached hydrogens (primary N) is 1. The van der Waals surface area contributed by atoms with Crippen molar-refractivity contribution in [3.63, 3.8) is 0 Å². The fourth-order valence-electron chi connectivity index (χ4n) is 1.98. The van der Waals surface area contributed by atoms with Crippen LogP contribution in [0.4, 0.5) is 0 Å². The van der Waals surface area contributed by atoms with E-state index in [1.807, 2.05) is 24.3 Å². The highest BCUT2D eigenvalue weighted by Crippen LogP contribution is 2.35. The Kier molecular flexibility index (Phi) is 6.25. The maximum Gasteiger partial charge on any atom is 0.165 e. The molecule has 1 atom stereocenters. The first kappa shape index (κ1) is 14.5. The minimum Gasteiger partial charge on any atom is -0.493 e. The van der Waals surface area contributed by atoms with Gasteiger partial charge in [-0.2, -0.15) is 0 Å². The van der Waals surface area contributed by atoms with Crippen molar-refractivity contribution >= 4 is 0 Å². The van der Waals surface area contributed by atoms with Crippen LogP contribution in [-0.2, 0) is 0 Å². The molecule has 0 radical (unpaired) electrons. The van der Waals surface area contributed by atoms with Crippen LogP contribution < -0.4 is 20.7 Å². The van der Waals surface area contributed by atoms with E-state index in [1.165, 1.54) is 0 Å². The van der Waals surface area contributed by atoms with E-state index in [-0.39, 0.29) is 6.04 Å². The number of nitrogens with one attached hydrogen (secondary N) is 1. The van der Waals surface area contributed by atoms with E-state index in [1.54, 1.807) is 14.2 Å². The van der Waals surface area contributed by atoms with Gasteiger partial charge in [-0.1, -0.05) is 18.2 Å². The SMILES string of the molecule is C=CCCCC(NN)c1cccc(OC)c1OC. The van der Waals surface area contributed by atoms with Crippen LogP contribution in [0.1, 0.15) is 30.9 Å². The van der Waals surface area contributed by atoms with Gasteiger partial charge < -0.3 is 9.47 Å². The first-order chi connectivity index (χ1) is 8.78. The minimum atomic E-state index is 0.0509. The summed E-state index contributed by atoms with van der Waals surface area (Å²) in [5.41, 5.74) is 3.85. The summed E-state index contributed by atoms with van der Waals surface area (Å²) >= 11 is 0. The van der Waals surface area contributed by atoms with Gasteiger partial charge >= 0.3 is 0 Å². The number of benzene rings is 1. The smallest absolute Gasteiger partial charge is 0.165 e. The van der Waals surface area contributed by atoms with Crippen LogP contribution in [-0.4, -0.2) is 14.2 Å². The van der Waals surface area contributed by atoms with Gasteiger partial charge in [0, 0.05) is 11.6 Å². The van der Waals surface area contributed by atoms with E-state index in [4.69, 9.17) is 15.3 Å². The molecule has 1 aromatic rings. The predicted octanol–water partition coefficient (Wildman–Crippen LogP) is 2.56. The van der Waals surface area contributed by atoms with Crippen LogP contribution in [0.2, 0.25) is 0 Å². The number of unbranched alkanes of at least 4 members (excludes halogenated alkanes) is 1. The van der Waals surface area contributed by atoms with Crippen molar-refractivity contribution in [2.75, 3.05) is 14.2 Å². The summed E-state index contributed by atoms with van der Waals surface area (Å²) in [6, 6.07) is 5.86. The lowest BCUT2D eigenvalue weighted by Crippen LogP contribution is -2.28. The van der Waals surface area contributed by atoms with Crippen LogP contribution in [0.3, 0.4) is 0 Å². The molecule has 0 fully saturated rings. The Hall–Kier alpha value is -1.52. The molecule has 0 aliphatic carbocycles. The van der Waals surface area contributed by atoms with Crippen molar-refractivity contribution < 1.29 is 9.47 Å². The molecule has 0 spiro atoms. The molecule has 0 saturated heterocycles. The zero-order valence-corrected chi connectivity index (χ0v) is 11.1. The number of rotatable bonds is 8. The zero-order valence-electron chi connectivity index (χ0n) is 11.1. The molecule has 18 heavy (non-hydrogen) atoms. The van der Waals surface area contributed by atoms with E-state index >= 15 is 0 Å². The van der Waals surface area contributed by atoms with Crippen molar-refractivity contribution in [3.05, 3.63) is 36.4 Å². The van der Waals surface area contributed by atoms with E-state index < -0.39 is 0 Å². The summed E-state index contributed by atoms with van der Waals surface area (Å²) in [6.07, 6.45) is 4.84. The highest BCUT2D eigenvalue weighted by atomic mass is 16.5. The molecule has 4 heteroatoms. The largest absolute Gasteiger partial charge is 0.493 e. The van der Waals surface area contributed by atoms with Crippen molar-refractivity contribution in [2.45, 2.75) is 25.3 Å². The monoisotopic (exact) mass is 250 g/mol. The van der Waals surface area contributed by atoms with Gasteiger partial charge in [0.2, 0.25) is 0 Å². The molecule has 0 aromatic heterocycles. The Morgan fingerprint density at radius 2 is 2.17 bits per heavy atom. The molecule has 0 amide bonds. The Bertz CT molecular complexity index is 380. The lowest BCUT2D eigenvalue weighted by Gasteiger charge is -2.20. The first-order valence-corrected chi connectivity index (χ1v) is 6.06. The quantitative estimate of drug-likeness (QED) is 0.322. The summed E-state index contributed by atoms with van der Waals surface area (Å²) in [4.78, 5) is 0. The lowest BCUT2D eigenvalue weighted by atomic mass is 10.00. The molecule has 0 bridgehead atoms. The van der Waals surface area contributed by atoms with Crippen LogP contribution in [0, 0.1) is 0 Å². The molecular formula is C14H22N2O2. The lowest BCUT2D eigenvalue weighted by molar-refractivity contribution is 0.344. The van der Waals surface area contributed by atoms with Gasteiger partial charge in [-0.05, 0) is 25.3 Å². The number of allylic oxidation sites excluding steroid dienone is 1. The third-order valence-electron chi connectivity index (χ3n) is 2.91. The molecule has 0 heterocycles. The molecule has 1 aromatic carbocycles. The Labute approximate surface area is 109 Å². The predicted molar refractivity (Wildman–Crippen MR) is 73.7 cm³/mol. The topological polar surface area (TPSA) is 56.5 Å². The maximum absolute atomic E-state index is 5.63. The zero-order chi connectivity index (χ0) is 13.4. The normalized spacial score (nSPS) is 11.9. The number of methoxy groups -OCH3 is 2. The van der Waals surface area contributed by atoms with Gasteiger partial charge in [-0.25, -0.2) is 0 Å². The second-order valence-corrected chi connectivity index (χ2v) is 4.02. The number of hydrogen-bond donors (Lipinski definition) is 2. The standard InChI is InChI=1S/C14H22N2O2/c1-4-5-6-9-12(16-15)11-8-7-10-13(17-2)14(11)18-3/h4,7-8,10,12,16H,1,5-6,9,15H2,2-3H3. The van der Waals surface area contributed by atoms with Gasteiger partial charge in [-0.15, -0.1) is 6.58 Å². The van der Waals surface area contributed by atoms with Crippen molar-refractivity contribution in [1.82, 2.24) is 5.43 Å². The van der Waals surface area contributed by atoms with Gasteiger partial charge in [-0.3, -0.25) is 11.3 Å².